The predicted molar refractivity (Wildman–Crippen MR) is 119 cm³/mol. The quantitative estimate of drug-likeness (QED) is 0.362. The molecule has 2 aromatic heterocycles. The van der Waals surface area contributed by atoms with Gasteiger partial charge in [0.25, 0.3) is 10.2 Å². The maximum absolute atomic E-state index is 11.2. The first-order chi connectivity index (χ1) is 15.3. The molecule has 2 heterocycles. The number of nitrogens with zero attached hydrogens (tertiary/aromatic N) is 3. The topological polar surface area (TPSA) is 155 Å². The zero-order chi connectivity index (χ0) is 22.5. The van der Waals surface area contributed by atoms with Crippen LogP contribution in [0.15, 0.2) is 42.9 Å². The zero-order valence-corrected chi connectivity index (χ0v) is 18.1. The first kappa shape index (κ1) is 21.3. The number of aromatic nitrogens is 3. The van der Waals surface area contributed by atoms with Gasteiger partial charge in [-0.05, 0) is 30.0 Å². The van der Waals surface area contributed by atoms with E-state index in [0.29, 0.717) is 25.1 Å². The number of aliphatic hydroxyl groups is 2. The zero-order valence-electron chi connectivity index (χ0n) is 17.3. The van der Waals surface area contributed by atoms with Gasteiger partial charge in [-0.1, -0.05) is 24.3 Å². The van der Waals surface area contributed by atoms with Crippen molar-refractivity contribution in [3.05, 3.63) is 54.0 Å². The highest BCUT2D eigenvalue weighted by molar-refractivity contribution is 7.87. The Morgan fingerprint density at radius 1 is 1.12 bits per heavy atom. The van der Waals surface area contributed by atoms with Gasteiger partial charge < -0.3 is 20.1 Å². The standard InChI is InChI=1S/C21H26N6O4S/c22-32(30,31)25-10-13-7-14(9-17(13)28)27-6-5-16-20(23-11-24-21(16)27)26-19-15-4-2-1-3-12(15)8-18(19)29/h1-6,11,13-14,17-19,25,28-29H,7-10H2,(H2,22,30,31)(H,23,24,26)/t13-,14+,17-,18-,19+/m0/s1. The molecular weight excluding hydrogens is 432 g/mol. The molecule has 5 atom stereocenters. The molecule has 3 aromatic rings. The van der Waals surface area contributed by atoms with Crippen LogP contribution in [0.3, 0.4) is 0 Å². The fraction of sp³-hybridized carbons (Fsp3) is 0.429. The first-order valence-corrected chi connectivity index (χ1v) is 12.1. The average molecular weight is 459 g/mol. The first-order valence-electron chi connectivity index (χ1n) is 10.6. The number of nitrogens with two attached hydrogens (primary N) is 1. The summed E-state index contributed by atoms with van der Waals surface area (Å²) in [7, 11) is -3.80. The number of nitrogens with one attached hydrogen (secondary N) is 2. The van der Waals surface area contributed by atoms with E-state index in [1.54, 1.807) is 0 Å². The fourth-order valence-electron chi connectivity index (χ4n) is 5.02. The molecule has 0 saturated heterocycles. The highest BCUT2D eigenvalue weighted by Gasteiger charge is 2.35. The van der Waals surface area contributed by atoms with Crippen LogP contribution < -0.4 is 15.2 Å². The molecule has 0 bridgehead atoms. The summed E-state index contributed by atoms with van der Waals surface area (Å²) in [5.41, 5.74) is 2.91. The van der Waals surface area contributed by atoms with Crippen LogP contribution in [0.25, 0.3) is 11.0 Å². The van der Waals surface area contributed by atoms with Gasteiger partial charge in [-0.15, -0.1) is 0 Å². The summed E-state index contributed by atoms with van der Waals surface area (Å²) in [6, 6.07) is 9.61. The van der Waals surface area contributed by atoms with Gasteiger partial charge in [0.1, 0.15) is 17.8 Å². The Hall–Kier alpha value is -2.57. The molecule has 2 aliphatic rings. The molecule has 32 heavy (non-hydrogen) atoms. The van der Waals surface area contributed by atoms with Gasteiger partial charge in [-0.25, -0.2) is 19.8 Å². The second-order valence-corrected chi connectivity index (χ2v) is 10.00. The molecule has 2 aliphatic carbocycles. The van der Waals surface area contributed by atoms with E-state index in [1.165, 1.54) is 6.33 Å². The number of fused-ring (bicyclic) bond motifs is 2. The summed E-state index contributed by atoms with van der Waals surface area (Å²) in [6.07, 6.45) is 3.89. The van der Waals surface area contributed by atoms with Crippen molar-refractivity contribution in [3.63, 3.8) is 0 Å². The molecule has 1 saturated carbocycles. The number of hydrogen-bond donors (Lipinski definition) is 5. The number of rotatable bonds is 6. The summed E-state index contributed by atoms with van der Waals surface area (Å²) >= 11 is 0. The number of aliphatic hydroxyl groups excluding tert-OH is 2. The van der Waals surface area contributed by atoms with Crippen LogP contribution in [0.4, 0.5) is 5.82 Å². The lowest BCUT2D eigenvalue weighted by Gasteiger charge is -2.19. The molecular formula is C21H26N6O4S. The van der Waals surface area contributed by atoms with Crippen molar-refractivity contribution in [2.45, 2.75) is 43.6 Å². The minimum Gasteiger partial charge on any atom is -0.393 e. The van der Waals surface area contributed by atoms with Crippen molar-refractivity contribution in [1.29, 1.82) is 0 Å². The molecule has 0 aliphatic heterocycles. The third-order valence-corrected chi connectivity index (χ3v) is 7.15. The molecule has 1 aromatic carbocycles. The SMILES string of the molecule is NS(=O)(=O)NC[C@@H]1C[C@@H](n2ccc3c(N[C@@H]4c5ccccc5C[C@@H]4O)ncnc32)C[C@@H]1O. The van der Waals surface area contributed by atoms with Crippen molar-refractivity contribution in [2.24, 2.45) is 11.1 Å². The summed E-state index contributed by atoms with van der Waals surface area (Å²) in [4.78, 5) is 8.87. The summed E-state index contributed by atoms with van der Waals surface area (Å²) < 4.78 is 26.7. The van der Waals surface area contributed by atoms with Crippen LogP contribution in [0.2, 0.25) is 0 Å². The highest BCUT2D eigenvalue weighted by atomic mass is 32.2. The van der Waals surface area contributed by atoms with Crippen LogP contribution in [-0.2, 0) is 16.6 Å². The maximum atomic E-state index is 11.2. The van der Waals surface area contributed by atoms with E-state index in [4.69, 9.17) is 5.14 Å². The van der Waals surface area contributed by atoms with Crippen molar-refractivity contribution in [2.75, 3.05) is 11.9 Å². The van der Waals surface area contributed by atoms with Crippen molar-refractivity contribution in [3.8, 4) is 0 Å². The largest absolute Gasteiger partial charge is 0.393 e. The Morgan fingerprint density at radius 2 is 1.94 bits per heavy atom. The molecule has 0 radical (unpaired) electrons. The predicted octanol–water partition coefficient (Wildman–Crippen LogP) is 0.607. The minimum atomic E-state index is -3.80. The Kier molecular flexibility index (Phi) is 5.38. The van der Waals surface area contributed by atoms with Gasteiger partial charge in [-0.2, -0.15) is 8.42 Å². The lowest BCUT2D eigenvalue weighted by atomic mass is 10.1. The third kappa shape index (κ3) is 3.97. The molecule has 1 fully saturated rings. The van der Waals surface area contributed by atoms with Crippen LogP contribution >= 0.6 is 0 Å². The highest BCUT2D eigenvalue weighted by Crippen LogP contribution is 2.39. The van der Waals surface area contributed by atoms with Crippen LogP contribution in [0.1, 0.15) is 36.1 Å². The molecule has 0 spiro atoms. The van der Waals surface area contributed by atoms with Crippen LogP contribution in [0, 0.1) is 5.92 Å². The van der Waals surface area contributed by atoms with Gasteiger partial charge in [0.2, 0.25) is 0 Å². The van der Waals surface area contributed by atoms with Gasteiger partial charge in [-0.3, -0.25) is 0 Å². The van der Waals surface area contributed by atoms with Gasteiger partial charge >= 0.3 is 0 Å². The van der Waals surface area contributed by atoms with E-state index in [9.17, 15) is 18.6 Å². The van der Waals surface area contributed by atoms with Crippen molar-refractivity contribution in [1.82, 2.24) is 19.3 Å². The van der Waals surface area contributed by atoms with Gasteiger partial charge in [0.05, 0.1) is 23.6 Å². The maximum Gasteiger partial charge on any atom is 0.274 e. The minimum absolute atomic E-state index is 0.0321. The Bertz CT molecular complexity index is 1250. The fourth-order valence-corrected chi connectivity index (χ4v) is 5.47. The lowest BCUT2D eigenvalue weighted by molar-refractivity contribution is 0.133. The summed E-state index contributed by atoms with van der Waals surface area (Å²) in [5.74, 6) is 0.404. The molecule has 6 N–H and O–H groups in total. The Morgan fingerprint density at radius 3 is 2.75 bits per heavy atom. The van der Waals surface area contributed by atoms with Gasteiger partial charge in [0.15, 0.2) is 0 Å². The molecule has 0 unspecified atom stereocenters. The van der Waals surface area contributed by atoms with Crippen LogP contribution in [0.5, 0.6) is 0 Å². The number of benzene rings is 1. The summed E-state index contributed by atoms with van der Waals surface area (Å²) in [5, 5.41) is 30.3. The second-order valence-electron chi connectivity index (χ2n) is 8.62. The van der Waals surface area contributed by atoms with E-state index >= 15 is 0 Å². The molecule has 11 heteroatoms. The van der Waals surface area contributed by atoms with Crippen LogP contribution in [-0.4, -0.2) is 51.9 Å². The normalized spacial score (nSPS) is 27.7. The number of hydrogen-bond acceptors (Lipinski definition) is 7. The second kappa shape index (κ2) is 8.09. The smallest absolute Gasteiger partial charge is 0.274 e. The van der Waals surface area contributed by atoms with E-state index < -0.39 is 22.4 Å². The summed E-state index contributed by atoms with van der Waals surface area (Å²) in [6.45, 7) is 0.0937. The molecule has 0 amide bonds. The molecule has 5 rings (SSSR count). The number of anilines is 1. The van der Waals surface area contributed by atoms with E-state index in [2.05, 4.69) is 20.0 Å². The van der Waals surface area contributed by atoms with E-state index in [0.717, 1.165) is 22.2 Å². The van der Waals surface area contributed by atoms with Crippen molar-refractivity contribution >= 4 is 27.1 Å². The molecule has 170 valence electrons. The Labute approximate surface area is 185 Å². The monoisotopic (exact) mass is 458 g/mol. The van der Waals surface area contributed by atoms with Crippen molar-refractivity contribution < 1.29 is 18.6 Å². The Balaban J connectivity index is 1.38. The van der Waals surface area contributed by atoms with E-state index in [1.807, 2.05) is 41.1 Å². The van der Waals surface area contributed by atoms with E-state index in [-0.39, 0.29) is 24.5 Å². The lowest BCUT2D eigenvalue weighted by Crippen LogP contribution is -2.36. The molecule has 10 nitrogen and oxygen atoms in total. The van der Waals surface area contributed by atoms with Gasteiger partial charge in [0, 0.05) is 31.1 Å². The average Bonchev–Trinajstić information content (AvgIpc) is 3.42. The third-order valence-electron chi connectivity index (χ3n) is 6.58.